The van der Waals surface area contributed by atoms with E-state index in [0.29, 0.717) is 11.3 Å². The van der Waals surface area contributed by atoms with Gasteiger partial charge in [0.25, 0.3) is 17.7 Å². The largest absolute Gasteiger partial charge is 0.467 e. The highest BCUT2D eigenvalue weighted by Crippen LogP contribution is 2.26. The normalized spacial score (nSPS) is 13.6. The molecule has 2 aromatic carbocycles. The molecule has 9 heteroatoms. The van der Waals surface area contributed by atoms with E-state index in [1.54, 1.807) is 31.2 Å². The second-order valence-corrected chi connectivity index (χ2v) is 7.45. The lowest BCUT2D eigenvalue weighted by Crippen LogP contribution is -2.31. The van der Waals surface area contributed by atoms with E-state index in [2.05, 4.69) is 5.32 Å². The van der Waals surface area contributed by atoms with Crippen molar-refractivity contribution >= 4 is 23.7 Å². The molecule has 0 fully saturated rings. The first kappa shape index (κ1) is 21.9. The molecule has 0 bridgehead atoms. The molecule has 0 saturated carbocycles. The summed E-state index contributed by atoms with van der Waals surface area (Å²) in [6, 6.07) is 12.6. The number of furan rings is 1. The molecule has 3 amide bonds. The molecule has 1 aliphatic heterocycles. The van der Waals surface area contributed by atoms with E-state index in [1.165, 1.54) is 36.6 Å². The number of esters is 1. The van der Waals surface area contributed by atoms with E-state index in [-0.39, 0.29) is 29.1 Å². The Morgan fingerprint density at radius 3 is 2.48 bits per heavy atom. The van der Waals surface area contributed by atoms with Crippen molar-refractivity contribution in [2.75, 3.05) is 6.61 Å². The smallest absolute Gasteiger partial charge is 0.338 e. The van der Waals surface area contributed by atoms with Gasteiger partial charge in [0.1, 0.15) is 11.6 Å². The van der Waals surface area contributed by atoms with Crippen LogP contribution >= 0.6 is 0 Å². The van der Waals surface area contributed by atoms with Crippen molar-refractivity contribution in [2.24, 2.45) is 0 Å². The third kappa shape index (κ3) is 4.67. The molecule has 1 aromatic heterocycles. The van der Waals surface area contributed by atoms with Gasteiger partial charge >= 0.3 is 5.97 Å². The molecular weight excluding hydrogens is 431 g/mol. The molecular formula is C24H19FN2O6. The molecule has 0 saturated heterocycles. The highest BCUT2D eigenvalue weighted by molar-refractivity contribution is 6.21. The topological polar surface area (TPSA) is 106 Å². The van der Waals surface area contributed by atoms with E-state index in [1.807, 2.05) is 0 Å². The standard InChI is InChI=1S/C24H19FN2O6/c1-14(15-4-7-17(25)8-5-15)26-21(28)13-33-24(31)16-6-9-19-20(11-16)23(30)27(22(19)29)12-18-3-2-10-32-18/h2-11,14H,12-13H2,1H3,(H,26,28)/t14-/m0/s1. The van der Waals surface area contributed by atoms with Crippen molar-refractivity contribution in [3.05, 3.63) is 94.7 Å². The summed E-state index contributed by atoms with van der Waals surface area (Å²) in [5.74, 6) is -2.33. The highest BCUT2D eigenvalue weighted by Gasteiger charge is 2.36. The van der Waals surface area contributed by atoms with Gasteiger partial charge in [-0.1, -0.05) is 12.1 Å². The molecule has 0 unspecified atom stereocenters. The van der Waals surface area contributed by atoms with Crippen molar-refractivity contribution < 1.29 is 32.7 Å². The van der Waals surface area contributed by atoms with Crippen LogP contribution in [-0.4, -0.2) is 35.2 Å². The number of rotatable bonds is 7. The Bertz CT molecular complexity index is 1220. The molecule has 0 aliphatic carbocycles. The number of amides is 3. The Balaban J connectivity index is 1.36. The van der Waals surface area contributed by atoms with Gasteiger partial charge in [-0.2, -0.15) is 0 Å². The van der Waals surface area contributed by atoms with E-state index in [9.17, 15) is 23.6 Å². The van der Waals surface area contributed by atoms with Crippen molar-refractivity contribution in [1.82, 2.24) is 10.2 Å². The first-order valence-corrected chi connectivity index (χ1v) is 10.1. The lowest BCUT2D eigenvalue weighted by molar-refractivity contribution is -0.124. The molecule has 8 nitrogen and oxygen atoms in total. The predicted molar refractivity (Wildman–Crippen MR) is 113 cm³/mol. The first-order chi connectivity index (χ1) is 15.8. The number of hydrogen-bond donors (Lipinski definition) is 1. The minimum Gasteiger partial charge on any atom is -0.467 e. The maximum absolute atomic E-state index is 13.0. The maximum atomic E-state index is 13.0. The second-order valence-electron chi connectivity index (χ2n) is 7.45. The first-order valence-electron chi connectivity index (χ1n) is 10.1. The molecule has 0 radical (unpaired) electrons. The van der Waals surface area contributed by atoms with Crippen LogP contribution < -0.4 is 5.32 Å². The number of fused-ring (bicyclic) bond motifs is 1. The van der Waals surface area contributed by atoms with Gasteiger partial charge in [0.05, 0.1) is 35.5 Å². The summed E-state index contributed by atoms with van der Waals surface area (Å²) in [6.45, 7) is 1.15. The van der Waals surface area contributed by atoms with Crippen molar-refractivity contribution in [1.29, 1.82) is 0 Å². The molecule has 3 aromatic rings. The van der Waals surface area contributed by atoms with Crippen molar-refractivity contribution in [3.63, 3.8) is 0 Å². The fourth-order valence-corrected chi connectivity index (χ4v) is 3.45. The van der Waals surface area contributed by atoms with Crippen molar-refractivity contribution in [3.8, 4) is 0 Å². The fourth-order valence-electron chi connectivity index (χ4n) is 3.45. The lowest BCUT2D eigenvalue weighted by atomic mass is 10.1. The van der Waals surface area contributed by atoms with Crippen LogP contribution in [-0.2, 0) is 16.1 Å². The maximum Gasteiger partial charge on any atom is 0.338 e. The fraction of sp³-hybridized carbons (Fsp3) is 0.167. The summed E-state index contributed by atoms with van der Waals surface area (Å²) in [6.07, 6.45) is 1.44. The number of carbonyl (C=O) groups is 4. The molecule has 1 atom stereocenters. The predicted octanol–water partition coefficient (Wildman–Crippen LogP) is 3.25. The number of ether oxygens (including phenoxy) is 1. The molecule has 1 aliphatic rings. The number of benzene rings is 2. The van der Waals surface area contributed by atoms with Crippen LogP contribution in [0.15, 0.2) is 65.3 Å². The van der Waals surface area contributed by atoms with Crippen LogP contribution in [0, 0.1) is 5.82 Å². The average molecular weight is 450 g/mol. The molecule has 1 N–H and O–H groups in total. The number of imide groups is 1. The Morgan fingerprint density at radius 1 is 1.06 bits per heavy atom. The average Bonchev–Trinajstić information content (AvgIpc) is 3.40. The minimum atomic E-state index is -0.813. The number of halogens is 1. The highest BCUT2D eigenvalue weighted by atomic mass is 19.1. The summed E-state index contributed by atoms with van der Waals surface area (Å²) in [7, 11) is 0. The quantitative estimate of drug-likeness (QED) is 0.438. The van der Waals surface area contributed by atoms with Crippen LogP contribution in [0.1, 0.15) is 55.4 Å². The number of carbonyl (C=O) groups excluding carboxylic acids is 4. The minimum absolute atomic E-state index is 0.0223. The van der Waals surface area contributed by atoms with Crippen LogP contribution in [0.2, 0.25) is 0 Å². The lowest BCUT2D eigenvalue weighted by Gasteiger charge is -2.14. The molecule has 33 heavy (non-hydrogen) atoms. The molecule has 0 spiro atoms. The number of hydrogen-bond acceptors (Lipinski definition) is 6. The van der Waals surface area contributed by atoms with Crippen molar-refractivity contribution in [2.45, 2.75) is 19.5 Å². The molecule has 4 rings (SSSR count). The van der Waals surface area contributed by atoms with Crippen LogP contribution in [0.5, 0.6) is 0 Å². The van der Waals surface area contributed by atoms with E-state index < -0.39 is 36.3 Å². The third-order valence-electron chi connectivity index (χ3n) is 5.18. The van der Waals surface area contributed by atoms with Gasteiger partial charge in [-0.3, -0.25) is 19.3 Å². The van der Waals surface area contributed by atoms with Gasteiger partial charge in [-0.25, -0.2) is 9.18 Å². The Kier molecular flexibility index (Phi) is 6.03. The van der Waals surface area contributed by atoms with Gasteiger partial charge in [-0.15, -0.1) is 0 Å². The summed E-state index contributed by atoms with van der Waals surface area (Å²) >= 11 is 0. The second kappa shape index (κ2) is 9.07. The Morgan fingerprint density at radius 2 is 1.79 bits per heavy atom. The zero-order valence-corrected chi connectivity index (χ0v) is 17.5. The Labute approximate surface area is 187 Å². The monoisotopic (exact) mass is 450 g/mol. The SMILES string of the molecule is C[C@H](NC(=O)COC(=O)c1ccc2c(c1)C(=O)N(Cc1ccco1)C2=O)c1ccc(F)cc1. The Hall–Kier alpha value is -4.27. The van der Waals surface area contributed by atoms with Gasteiger partial charge in [-0.05, 0) is 55.0 Å². The molecule has 168 valence electrons. The van der Waals surface area contributed by atoms with E-state index >= 15 is 0 Å². The molecule has 2 heterocycles. The van der Waals surface area contributed by atoms with Gasteiger partial charge in [0.15, 0.2) is 6.61 Å². The van der Waals surface area contributed by atoms with Gasteiger partial charge in [0, 0.05) is 0 Å². The van der Waals surface area contributed by atoms with E-state index in [4.69, 9.17) is 9.15 Å². The van der Waals surface area contributed by atoms with Crippen LogP contribution in [0.3, 0.4) is 0 Å². The van der Waals surface area contributed by atoms with Gasteiger partial charge < -0.3 is 14.5 Å². The zero-order valence-electron chi connectivity index (χ0n) is 17.5. The number of nitrogens with one attached hydrogen (secondary N) is 1. The summed E-state index contributed by atoms with van der Waals surface area (Å²) < 4.78 is 23.3. The summed E-state index contributed by atoms with van der Waals surface area (Å²) in [5.41, 5.74) is 0.982. The third-order valence-corrected chi connectivity index (χ3v) is 5.18. The van der Waals surface area contributed by atoms with Crippen LogP contribution in [0.25, 0.3) is 0 Å². The summed E-state index contributed by atoms with van der Waals surface area (Å²) in [5, 5.41) is 2.65. The van der Waals surface area contributed by atoms with E-state index in [0.717, 1.165) is 4.90 Å². The zero-order chi connectivity index (χ0) is 23.5. The summed E-state index contributed by atoms with van der Waals surface area (Å²) in [4.78, 5) is 50.8. The number of nitrogens with zero attached hydrogens (tertiary/aromatic N) is 1. The van der Waals surface area contributed by atoms with Crippen LogP contribution in [0.4, 0.5) is 4.39 Å². The van der Waals surface area contributed by atoms with Gasteiger partial charge in [0.2, 0.25) is 0 Å².